The molecular weight excluding hydrogens is 472 g/mol. The first-order chi connectivity index (χ1) is 18.0. The predicted molar refractivity (Wildman–Crippen MR) is 139 cm³/mol. The van der Waals surface area contributed by atoms with Gasteiger partial charge in [-0.15, -0.1) is 0 Å². The van der Waals surface area contributed by atoms with Gasteiger partial charge in [-0.2, -0.15) is 4.98 Å². The summed E-state index contributed by atoms with van der Waals surface area (Å²) >= 11 is 0. The Bertz CT molecular complexity index is 1290. The largest absolute Gasteiger partial charge is 0.378 e. The van der Waals surface area contributed by atoms with Crippen molar-refractivity contribution in [2.45, 2.75) is 19.8 Å². The topological polar surface area (TPSA) is 117 Å². The van der Waals surface area contributed by atoms with E-state index in [2.05, 4.69) is 25.5 Å². The average molecular weight is 501 g/mol. The Balaban J connectivity index is 1.12. The van der Waals surface area contributed by atoms with Gasteiger partial charge in [0.2, 0.25) is 11.9 Å². The molecule has 3 heterocycles. The molecule has 0 radical (unpaired) electrons. The van der Waals surface area contributed by atoms with Crippen molar-refractivity contribution in [2.75, 3.05) is 48.4 Å². The van der Waals surface area contributed by atoms with Crippen LogP contribution in [0.1, 0.15) is 39.3 Å². The van der Waals surface area contributed by atoms with Crippen molar-refractivity contribution in [1.82, 2.24) is 14.9 Å². The van der Waals surface area contributed by atoms with Gasteiger partial charge in [-0.05, 0) is 49.7 Å². The first-order valence-corrected chi connectivity index (χ1v) is 12.3. The molecule has 3 aromatic rings. The van der Waals surface area contributed by atoms with Gasteiger partial charge >= 0.3 is 0 Å². The van der Waals surface area contributed by atoms with Crippen LogP contribution in [0.15, 0.2) is 54.6 Å². The van der Waals surface area contributed by atoms with Crippen LogP contribution in [-0.2, 0) is 9.53 Å². The number of morpholine rings is 1. The van der Waals surface area contributed by atoms with Crippen LogP contribution in [0.2, 0.25) is 0 Å². The van der Waals surface area contributed by atoms with E-state index in [1.807, 2.05) is 25.1 Å². The van der Waals surface area contributed by atoms with Crippen molar-refractivity contribution in [3.8, 4) is 0 Å². The van der Waals surface area contributed by atoms with E-state index in [0.717, 1.165) is 24.5 Å². The molecule has 0 unspecified atom stereocenters. The number of nitrogens with one attached hydrogen (secondary N) is 2. The standard InChI is InChI=1S/C27H28N6O4/c1-18-17-23(31-27(28-18)32-13-15-37-16-14-32)29-19-8-10-20(11-9-19)30-24(34)7-4-12-33-25(35)21-5-2-3-6-22(21)26(33)36/h2-3,5-6,8-11,17H,4,7,12-16H2,1H3,(H,30,34)(H,28,29,31). The molecular formula is C27H28N6O4. The SMILES string of the molecule is Cc1cc(Nc2ccc(NC(=O)CCCN3C(=O)c4ccccc4C3=O)cc2)nc(N2CCOCC2)n1. The predicted octanol–water partition coefficient (Wildman–Crippen LogP) is 3.38. The Morgan fingerprint density at radius 2 is 1.59 bits per heavy atom. The minimum absolute atomic E-state index is 0.182. The summed E-state index contributed by atoms with van der Waals surface area (Å²) in [6, 6.07) is 16.0. The number of nitrogens with zero attached hydrogens (tertiary/aromatic N) is 4. The van der Waals surface area contributed by atoms with Crippen molar-refractivity contribution >= 4 is 40.9 Å². The van der Waals surface area contributed by atoms with E-state index in [1.54, 1.807) is 36.4 Å². The van der Waals surface area contributed by atoms with Crippen molar-refractivity contribution in [2.24, 2.45) is 0 Å². The fraction of sp³-hybridized carbons (Fsp3) is 0.296. The molecule has 37 heavy (non-hydrogen) atoms. The monoisotopic (exact) mass is 500 g/mol. The van der Waals surface area contributed by atoms with Crippen LogP contribution in [0.4, 0.5) is 23.1 Å². The first-order valence-electron chi connectivity index (χ1n) is 12.3. The Morgan fingerprint density at radius 1 is 0.946 bits per heavy atom. The lowest BCUT2D eigenvalue weighted by atomic mass is 10.1. The lowest BCUT2D eigenvalue weighted by molar-refractivity contribution is -0.116. The molecule has 1 aromatic heterocycles. The lowest BCUT2D eigenvalue weighted by Crippen LogP contribution is -2.37. The molecule has 190 valence electrons. The zero-order valence-electron chi connectivity index (χ0n) is 20.6. The van der Waals surface area contributed by atoms with E-state index in [-0.39, 0.29) is 30.7 Å². The minimum atomic E-state index is -0.306. The Hall–Kier alpha value is -4.31. The quantitative estimate of drug-likeness (QED) is 0.452. The summed E-state index contributed by atoms with van der Waals surface area (Å²) in [7, 11) is 0. The fourth-order valence-electron chi connectivity index (χ4n) is 4.37. The van der Waals surface area contributed by atoms with Gasteiger partial charge in [0.05, 0.1) is 24.3 Å². The summed E-state index contributed by atoms with van der Waals surface area (Å²) < 4.78 is 5.41. The third-order valence-corrected chi connectivity index (χ3v) is 6.24. The second-order valence-electron chi connectivity index (χ2n) is 8.96. The molecule has 2 aliphatic rings. The molecule has 3 amide bonds. The highest BCUT2D eigenvalue weighted by atomic mass is 16.5. The number of hydrogen-bond acceptors (Lipinski definition) is 8. The molecule has 1 fully saturated rings. The van der Waals surface area contributed by atoms with Gasteiger partial charge in [0.25, 0.3) is 11.8 Å². The number of aromatic nitrogens is 2. The number of ether oxygens (including phenoxy) is 1. The van der Waals surface area contributed by atoms with Gasteiger partial charge in [-0.3, -0.25) is 19.3 Å². The third kappa shape index (κ3) is 5.59. The molecule has 10 heteroatoms. The summed E-state index contributed by atoms with van der Waals surface area (Å²) in [5.41, 5.74) is 3.18. The van der Waals surface area contributed by atoms with Gasteiger partial charge in [0, 0.05) is 49.2 Å². The average Bonchev–Trinajstić information content (AvgIpc) is 3.15. The highest BCUT2D eigenvalue weighted by molar-refractivity contribution is 6.21. The smallest absolute Gasteiger partial charge is 0.261 e. The number of amides is 3. The number of fused-ring (bicyclic) bond motifs is 1. The first kappa shape index (κ1) is 24.4. The zero-order valence-corrected chi connectivity index (χ0v) is 20.6. The van der Waals surface area contributed by atoms with Crippen LogP contribution in [0, 0.1) is 6.92 Å². The molecule has 1 saturated heterocycles. The Kier molecular flexibility index (Phi) is 7.09. The molecule has 2 N–H and O–H groups in total. The summed E-state index contributed by atoms with van der Waals surface area (Å²) in [5, 5.41) is 6.16. The van der Waals surface area contributed by atoms with E-state index in [9.17, 15) is 14.4 Å². The number of benzene rings is 2. The maximum absolute atomic E-state index is 12.4. The van der Waals surface area contributed by atoms with Crippen LogP contribution in [0.3, 0.4) is 0 Å². The number of aryl methyl sites for hydroxylation is 1. The summed E-state index contributed by atoms with van der Waals surface area (Å²) in [5.74, 6) is 0.578. The zero-order chi connectivity index (χ0) is 25.8. The van der Waals surface area contributed by atoms with E-state index in [0.29, 0.717) is 48.2 Å². The van der Waals surface area contributed by atoms with Crippen LogP contribution >= 0.6 is 0 Å². The molecule has 0 saturated carbocycles. The van der Waals surface area contributed by atoms with E-state index in [1.165, 1.54) is 4.90 Å². The van der Waals surface area contributed by atoms with E-state index >= 15 is 0 Å². The minimum Gasteiger partial charge on any atom is -0.378 e. The molecule has 0 bridgehead atoms. The molecule has 2 aliphatic heterocycles. The van der Waals surface area contributed by atoms with E-state index in [4.69, 9.17) is 4.74 Å². The lowest BCUT2D eigenvalue weighted by Gasteiger charge is -2.27. The number of hydrogen-bond donors (Lipinski definition) is 2. The number of rotatable bonds is 8. The van der Waals surface area contributed by atoms with Gasteiger partial charge in [-0.1, -0.05) is 12.1 Å². The molecule has 5 rings (SSSR count). The molecule has 10 nitrogen and oxygen atoms in total. The Labute approximate surface area is 214 Å². The molecule has 0 spiro atoms. The number of imide groups is 1. The second kappa shape index (κ2) is 10.8. The number of carbonyl (C=O) groups excluding carboxylic acids is 3. The Morgan fingerprint density at radius 3 is 2.27 bits per heavy atom. The van der Waals surface area contributed by atoms with Crippen LogP contribution < -0.4 is 15.5 Å². The van der Waals surface area contributed by atoms with Crippen molar-refractivity contribution < 1.29 is 19.1 Å². The number of carbonyl (C=O) groups is 3. The van der Waals surface area contributed by atoms with Gasteiger partial charge in [0.15, 0.2) is 0 Å². The van der Waals surface area contributed by atoms with Crippen molar-refractivity contribution in [3.05, 3.63) is 71.4 Å². The molecule has 2 aromatic carbocycles. The highest BCUT2D eigenvalue weighted by Crippen LogP contribution is 2.23. The summed E-state index contributed by atoms with van der Waals surface area (Å²) in [4.78, 5) is 49.8. The number of anilines is 4. The maximum atomic E-state index is 12.4. The van der Waals surface area contributed by atoms with Crippen molar-refractivity contribution in [3.63, 3.8) is 0 Å². The summed E-state index contributed by atoms with van der Waals surface area (Å²) in [6.07, 6.45) is 0.577. The van der Waals surface area contributed by atoms with Gasteiger partial charge in [0.1, 0.15) is 5.82 Å². The maximum Gasteiger partial charge on any atom is 0.261 e. The van der Waals surface area contributed by atoms with E-state index < -0.39 is 0 Å². The molecule has 0 atom stereocenters. The third-order valence-electron chi connectivity index (χ3n) is 6.24. The highest BCUT2D eigenvalue weighted by Gasteiger charge is 2.34. The van der Waals surface area contributed by atoms with Crippen LogP contribution in [0.5, 0.6) is 0 Å². The summed E-state index contributed by atoms with van der Waals surface area (Å²) in [6.45, 7) is 4.98. The van der Waals surface area contributed by atoms with Gasteiger partial charge < -0.3 is 20.3 Å². The normalized spacial score (nSPS) is 15.1. The van der Waals surface area contributed by atoms with Gasteiger partial charge in [-0.25, -0.2) is 4.98 Å². The second-order valence-corrected chi connectivity index (χ2v) is 8.96. The molecule has 0 aliphatic carbocycles. The van der Waals surface area contributed by atoms with Crippen LogP contribution in [-0.4, -0.2) is 65.4 Å². The fourth-order valence-corrected chi connectivity index (χ4v) is 4.37. The van der Waals surface area contributed by atoms with Crippen LogP contribution in [0.25, 0.3) is 0 Å². The van der Waals surface area contributed by atoms with Crippen molar-refractivity contribution in [1.29, 1.82) is 0 Å².